The number of hydrogen-bond acceptors (Lipinski definition) is 2. The van der Waals surface area contributed by atoms with E-state index in [-0.39, 0.29) is 11.4 Å². The Labute approximate surface area is 118 Å². The van der Waals surface area contributed by atoms with E-state index < -0.39 is 0 Å². The molecule has 0 saturated carbocycles. The number of aromatic nitrogens is 1. The maximum absolute atomic E-state index is 13.0. The molecule has 1 aromatic heterocycles. The lowest BCUT2D eigenvalue weighted by molar-refractivity contribution is 0.625. The molecule has 106 valence electrons. The van der Waals surface area contributed by atoms with E-state index in [0.717, 1.165) is 23.2 Å². The van der Waals surface area contributed by atoms with Crippen LogP contribution in [0.2, 0.25) is 0 Å². The van der Waals surface area contributed by atoms with E-state index in [4.69, 9.17) is 0 Å². The quantitative estimate of drug-likeness (QED) is 0.907. The summed E-state index contributed by atoms with van der Waals surface area (Å²) in [4.78, 5) is 11.6. The lowest BCUT2D eigenvalue weighted by atomic mass is 10.1. The summed E-state index contributed by atoms with van der Waals surface area (Å²) in [5, 5.41) is 3.27. The van der Waals surface area contributed by atoms with E-state index in [2.05, 4.69) is 5.32 Å². The Morgan fingerprint density at radius 2 is 2.05 bits per heavy atom. The number of rotatable bonds is 5. The standard InChI is InChI=1S/C16H19FN2O/c1-3-8-19-11-15(6-7-16(19)20)18-10-13-4-5-14(17)9-12(13)2/h4-7,9,11,18H,3,8,10H2,1-2H3. The second kappa shape index (κ2) is 6.37. The fraction of sp³-hybridized carbons (Fsp3) is 0.312. The molecule has 1 aromatic carbocycles. The van der Waals surface area contributed by atoms with Gasteiger partial charge in [0.1, 0.15) is 5.82 Å². The van der Waals surface area contributed by atoms with Gasteiger partial charge in [0.2, 0.25) is 0 Å². The van der Waals surface area contributed by atoms with Gasteiger partial charge in [-0.2, -0.15) is 0 Å². The molecule has 0 unspecified atom stereocenters. The van der Waals surface area contributed by atoms with Gasteiger partial charge in [0.25, 0.3) is 5.56 Å². The monoisotopic (exact) mass is 274 g/mol. The van der Waals surface area contributed by atoms with Crippen LogP contribution in [0.25, 0.3) is 0 Å². The zero-order valence-corrected chi connectivity index (χ0v) is 11.8. The molecular weight excluding hydrogens is 255 g/mol. The third kappa shape index (κ3) is 3.47. The molecule has 20 heavy (non-hydrogen) atoms. The van der Waals surface area contributed by atoms with Crippen molar-refractivity contribution < 1.29 is 4.39 Å². The fourth-order valence-electron chi connectivity index (χ4n) is 2.11. The number of anilines is 1. The van der Waals surface area contributed by atoms with Gasteiger partial charge >= 0.3 is 0 Å². The van der Waals surface area contributed by atoms with Crippen LogP contribution in [0.3, 0.4) is 0 Å². The van der Waals surface area contributed by atoms with Crippen molar-refractivity contribution in [2.45, 2.75) is 33.4 Å². The summed E-state index contributed by atoms with van der Waals surface area (Å²) in [6.45, 7) is 5.24. The van der Waals surface area contributed by atoms with Gasteiger partial charge in [-0.05, 0) is 42.7 Å². The van der Waals surface area contributed by atoms with Crippen LogP contribution in [-0.4, -0.2) is 4.57 Å². The minimum absolute atomic E-state index is 0.00960. The number of nitrogens with zero attached hydrogens (tertiary/aromatic N) is 1. The van der Waals surface area contributed by atoms with Crippen LogP contribution in [-0.2, 0) is 13.1 Å². The maximum Gasteiger partial charge on any atom is 0.250 e. The van der Waals surface area contributed by atoms with Crippen LogP contribution in [0.5, 0.6) is 0 Å². The minimum Gasteiger partial charge on any atom is -0.380 e. The molecule has 0 radical (unpaired) electrons. The van der Waals surface area contributed by atoms with Gasteiger partial charge in [-0.15, -0.1) is 0 Å². The Balaban J connectivity index is 2.10. The Morgan fingerprint density at radius 3 is 2.75 bits per heavy atom. The molecule has 0 amide bonds. The Hall–Kier alpha value is -2.10. The van der Waals surface area contributed by atoms with Gasteiger partial charge in [0.05, 0.1) is 5.69 Å². The van der Waals surface area contributed by atoms with Crippen molar-refractivity contribution in [3.05, 3.63) is 63.8 Å². The highest BCUT2D eigenvalue weighted by Gasteiger charge is 2.02. The molecule has 0 atom stereocenters. The number of nitrogens with one attached hydrogen (secondary N) is 1. The summed E-state index contributed by atoms with van der Waals surface area (Å²) < 4.78 is 14.7. The third-order valence-corrected chi connectivity index (χ3v) is 3.24. The smallest absolute Gasteiger partial charge is 0.250 e. The molecule has 0 aliphatic heterocycles. The first-order valence-electron chi connectivity index (χ1n) is 6.79. The predicted molar refractivity (Wildman–Crippen MR) is 79.5 cm³/mol. The summed E-state index contributed by atoms with van der Waals surface area (Å²) in [7, 11) is 0. The first-order valence-corrected chi connectivity index (χ1v) is 6.79. The average molecular weight is 274 g/mol. The molecule has 3 nitrogen and oxygen atoms in total. The van der Waals surface area contributed by atoms with Crippen LogP contribution >= 0.6 is 0 Å². The van der Waals surface area contributed by atoms with Crippen molar-refractivity contribution >= 4 is 5.69 Å². The molecule has 0 spiro atoms. The highest BCUT2D eigenvalue weighted by Crippen LogP contribution is 2.13. The molecule has 0 bridgehead atoms. The van der Waals surface area contributed by atoms with Crippen LogP contribution < -0.4 is 10.9 Å². The van der Waals surface area contributed by atoms with E-state index in [1.165, 1.54) is 12.1 Å². The zero-order chi connectivity index (χ0) is 14.5. The van der Waals surface area contributed by atoms with Crippen molar-refractivity contribution in [3.8, 4) is 0 Å². The molecular formula is C16H19FN2O. The lowest BCUT2D eigenvalue weighted by Crippen LogP contribution is -2.18. The third-order valence-electron chi connectivity index (χ3n) is 3.24. The highest BCUT2D eigenvalue weighted by molar-refractivity contribution is 5.42. The summed E-state index contributed by atoms with van der Waals surface area (Å²) in [6, 6.07) is 8.10. The number of aryl methyl sites for hydroxylation is 2. The topological polar surface area (TPSA) is 34.0 Å². The molecule has 0 aliphatic carbocycles. The van der Waals surface area contributed by atoms with E-state index >= 15 is 0 Å². The predicted octanol–water partition coefficient (Wildman–Crippen LogP) is 3.32. The van der Waals surface area contributed by atoms with Crippen molar-refractivity contribution in [2.75, 3.05) is 5.32 Å². The van der Waals surface area contributed by atoms with Gasteiger partial charge in [-0.3, -0.25) is 4.79 Å². The molecule has 2 aromatic rings. The van der Waals surface area contributed by atoms with Crippen LogP contribution in [0.4, 0.5) is 10.1 Å². The summed E-state index contributed by atoms with van der Waals surface area (Å²) >= 11 is 0. The van der Waals surface area contributed by atoms with Crippen molar-refractivity contribution in [2.24, 2.45) is 0 Å². The first kappa shape index (κ1) is 14.3. The van der Waals surface area contributed by atoms with Crippen molar-refractivity contribution in [1.29, 1.82) is 0 Å². The molecule has 2 rings (SSSR count). The van der Waals surface area contributed by atoms with Crippen LogP contribution in [0.15, 0.2) is 41.3 Å². The Morgan fingerprint density at radius 1 is 1.25 bits per heavy atom. The zero-order valence-electron chi connectivity index (χ0n) is 11.8. The molecule has 0 fully saturated rings. The van der Waals surface area contributed by atoms with Crippen LogP contribution in [0, 0.1) is 12.7 Å². The number of hydrogen-bond donors (Lipinski definition) is 1. The van der Waals surface area contributed by atoms with Gasteiger partial charge < -0.3 is 9.88 Å². The Kier molecular flexibility index (Phi) is 4.56. The summed E-state index contributed by atoms with van der Waals surface area (Å²) in [5.74, 6) is -0.220. The average Bonchev–Trinajstić information content (AvgIpc) is 2.41. The maximum atomic E-state index is 13.0. The first-order chi connectivity index (χ1) is 9.60. The molecule has 1 N–H and O–H groups in total. The minimum atomic E-state index is -0.220. The fourth-order valence-corrected chi connectivity index (χ4v) is 2.11. The SMILES string of the molecule is CCCn1cc(NCc2ccc(F)cc2C)ccc1=O. The van der Waals surface area contributed by atoms with Gasteiger partial charge in [0, 0.05) is 25.4 Å². The van der Waals surface area contributed by atoms with E-state index in [1.807, 2.05) is 20.0 Å². The largest absolute Gasteiger partial charge is 0.380 e. The van der Waals surface area contributed by atoms with Crippen molar-refractivity contribution in [1.82, 2.24) is 4.57 Å². The summed E-state index contributed by atoms with van der Waals surface area (Å²) in [5.41, 5.74) is 2.86. The molecule has 4 heteroatoms. The number of pyridine rings is 1. The van der Waals surface area contributed by atoms with E-state index in [9.17, 15) is 9.18 Å². The van der Waals surface area contributed by atoms with Gasteiger partial charge in [0.15, 0.2) is 0 Å². The number of halogens is 1. The van der Waals surface area contributed by atoms with Crippen molar-refractivity contribution in [3.63, 3.8) is 0 Å². The summed E-state index contributed by atoms with van der Waals surface area (Å²) in [6.07, 6.45) is 2.74. The highest BCUT2D eigenvalue weighted by atomic mass is 19.1. The molecule has 0 aliphatic rings. The lowest BCUT2D eigenvalue weighted by Gasteiger charge is -2.11. The van der Waals surface area contributed by atoms with E-state index in [1.54, 1.807) is 22.8 Å². The normalized spacial score (nSPS) is 10.6. The molecule has 1 heterocycles. The Bertz CT molecular complexity index is 649. The second-order valence-corrected chi connectivity index (χ2v) is 4.87. The van der Waals surface area contributed by atoms with Gasteiger partial charge in [-0.25, -0.2) is 4.39 Å². The van der Waals surface area contributed by atoms with Gasteiger partial charge in [-0.1, -0.05) is 13.0 Å². The second-order valence-electron chi connectivity index (χ2n) is 4.87. The van der Waals surface area contributed by atoms with Crippen LogP contribution in [0.1, 0.15) is 24.5 Å². The number of benzene rings is 1. The van der Waals surface area contributed by atoms with E-state index in [0.29, 0.717) is 13.1 Å². The molecule has 0 saturated heterocycles.